The summed E-state index contributed by atoms with van der Waals surface area (Å²) in [7, 11) is 3.95. The Morgan fingerprint density at radius 2 is 2.07 bits per heavy atom. The molecule has 0 aliphatic carbocycles. The molecule has 0 aliphatic rings. The van der Waals surface area contributed by atoms with Crippen LogP contribution in [0.2, 0.25) is 0 Å². The molecule has 0 aromatic carbocycles. The highest BCUT2D eigenvalue weighted by Gasteiger charge is 2.16. The van der Waals surface area contributed by atoms with Gasteiger partial charge in [-0.3, -0.25) is 4.68 Å². The van der Waals surface area contributed by atoms with Crippen molar-refractivity contribution >= 4 is 5.82 Å². The van der Waals surface area contributed by atoms with E-state index >= 15 is 0 Å². The van der Waals surface area contributed by atoms with Crippen LogP contribution < -0.4 is 4.90 Å². The van der Waals surface area contributed by atoms with E-state index in [2.05, 4.69) is 23.8 Å². The van der Waals surface area contributed by atoms with Crippen molar-refractivity contribution in [3.8, 4) is 0 Å². The van der Waals surface area contributed by atoms with E-state index in [1.165, 1.54) is 0 Å². The van der Waals surface area contributed by atoms with Crippen LogP contribution in [0.5, 0.6) is 0 Å². The monoisotopic (exact) mass is 211 g/mol. The second-order valence-electron chi connectivity index (χ2n) is 4.44. The maximum Gasteiger partial charge on any atom is 0.132 e. The highest BCUT2D eigenvalue weighted by Crippen LogP contribution is 2.22. The highest BCUT2D eigenvalue weighted by molar-refractivity contribution is 5.49. The van der Waals surface area contributed by atoms with Crippen molar-refractivity contribution in [3.63, 3.8) is 0 Å². The molecule has 0 aliphatic heterocycles. The molecular weight excluding hydrogens is 190 g/mol. The Kier molecular flexibility index (Phi) is 3.74. The lowest BCUT2D eigenvalue weighted by atomic mass is 10.2. The fourth-order valence-corrected chi connectivity index (χ4v) is 1.99. The molecule has 0 spiro atoms. The van der Waals surface area contributed by atoms with Gasteiger partial charge in [0.15, 0.2) is 0 Å². The molecule has 86 valence electrons. The van der Waals surface area contributed by atoms with E-state index < -0.39 is 0 Å². The van der Waals surface area contributed by atoms with Crippen LogP contribution in [0.3, 0.4) is 0 Å². The molecule has 0 radical (unpaired) electrons. The van der Waals surface area contributed by atoms with Crippen molar-refractivity contribution in [2.75, 3.05) is 18.5 Å². The number of nitrogens with zero attached hydrogens (tertiary/aromatic N) is 3. The average molecular weight is 211 g/mol. The van der Waals surface area contributed by atoms with Crippen LogP contribution in [0.4, 0.5) is 5.82 Å². The molecule has 1 aromatic heterocycles. The molecule has 0 bridgehead atoms. The summed E-state index contributed by atoms with van der Waals surface area (Å²) in [6.07, 6.45) is 0. The SMILES string of the molecule is Cc1nn(C)c(N(C)CC(C)C)c1CO. The van der Waals surface area contributed by atoms with E-state index in [0.29, 0.717) is 5.92 Å². The second-order valence-corrected chi connectivity index (χ2v) is 4.44. The summed E-state index contributed by atoms with van der Waals surface area (Å²) >= 11 is 0. The lowest BCUT2D eigenvalue weighted by Crippen LogP contribution is -2.25. The summed E-state index contributed by atoms with van der Waals surface area (Å²) in [6.45, 7) is 7.30. The molecule has 1 N–H and O–H groups in total. The van der Waals surface area contributed by atoms with Gasteiger partial charge in [0, 0.05) is 26.2 Å². The van der Waals surface area contributed by atoms with Gasteiger partial charge >= 0.3 is 0 Å². The van der Waals surface area contributed by atoms with Crippen LogP contribution in [-0.2, 0) is 13.7 Å². The molecule has 4 heteroatoms. The Morgan fingerprint density at radius 1 is 1.47 bits per heavy atom. The van der Waals surface area contributed by atoms with Crippen molar-refractivity contribution in [1.82, 2.24) is 9.78 Å². The minimum atomic E-state index is 0.0530. The quantitative estimate of drug-likeness (QED) is 0.816. The summed E-state index contributed by atoms with van der Waals surface area (Å²) in [5.41, 5.74) is 1.84. The maximum atomic E-state index is 9.32. The first-order valence-corrected chi connectivity index (χ1v) is 5.31. The van der Waals surface area contributed by atoms with Crippen LogP contribution >= 0.6 is 0 Å². The molecule has 0 saturated heterocycles. The van der Waals surface area contributed by atoms with E-state index in [4.69, 9.17) is 0 Å². The summed E-state index contributed by atoms with van der Waals surface area (Å²) in [5, 5.41) is 13.6. The Morgan fingerprint density at radius 3 is 2.53 bits per heavy atom. The molecule has 0 unspecified atom stereocenters. The van der Waals surface area contributed by atoms with Gasteiger partial charge in [-0.2, -0.15) is 5.10 Å². The third kappa shape index (κ3) is 2.50. The number of hydrogen-bond donors (Lipinski definition) is 1. The third-order valence-electron chi connectivity index (χ3n) is 2.47. The van der Waals surface area contributed by atoms with Crippen LogP contribution in [-0.4, -0.2) is 28.5 Å². The van der Waals surface area contributed by atoms with E-state index in [1.807, 2.05) is 25.7 Å². The standard InChI is InChI=1S/C11H21N3O/c1-8(2)6-13(4)11-10(7-15)9(3)12-14(11)5/h8,15H,6-7H2,1-5H3. The molecular formula is C11H21N3O. The fourth-order valence-electron chi connectivity index (χ4n) is 1.99. The fraction of sp³-hybridized carbons (Fsp3) is 0.727. The zero-order valence-corrected chi connectivity index (χ0v) is 10.3. The molecule has 1 aromatic rings. The molecule has 0 saturated carbocycles. The van der Waals surface area contributed by atoms with Gasteiger partial charge in [-0.1, -0.05) is 13.8 Å². The zero-order valence-electron chi connectivity index (χ0n) is 10.3. The van der Waals surface area contributed by atoms with Crippen molar-refractivity contribution in [2.45, 2.75) is 27.4 Å². The number of hydrogen-bond acceptors (Lipinski definition) is 3. The van der Waals surface area contributed by atoms with Crippen molar-refractivity contribution < 1.29 is 5.11 Å². The van der Waals surface area contributed by atoms with E-state index in [0.717, 1.165) is 23.6 Å². The maximum absolute atomic E-state index is 9.32. The normalized spacial score (nSPS) is 11.1. The first-order valence-electron chi connectivity index (χ1n) is 5.31. The van der Waals surface area contributed by atoms with E-state index in [9.17, 15) is 5.11 Å². The smallest absolute Gasteiger partial charge is 0.132 e. The first kappa shape index (κ1) is 12.0. The molecule has 0 fully saturated rings. The summed E-state index contributed by atoms with van der Waals surface area (Å²) in [5.74, 6) is 1.61. The van der Waals surface area contributed by atoms with Gasteiger partial charge in [-0.05, 0) is 12.8 Å². The van der Waals surface area contributed by atoms with Gasteiger partial charge in [0.05, 0.1) is 12.3 Å². The Hall–Kier alpha value is -1.03. The lowest BCUT2D eigenvalue weighted by Gasteiger charge is -2.22. The van der Waals surface area contributed by atoms with Crippen molar-refractivity contribution in [3.05, 3.63) is 11.3 Å². The number of aryl methyl sites for hydroxylation is 2. The number of aromatic nitrogens is 2. The van der Waals surface area contributed by atoms with Gasteiger partial charge in [-0.25, -0.2) is 0 Å². The van der Waals surface area contributed by atoms with Crippen LogP contribution in [0.1, 0.15) is 25.1 Å². The predicted molar refractivity (Wildman–Crippen MR) is 62.0 cm³/mol. The number of aliphatic hydroxyl groups is 1. The van der Waals surface area contributed by atoms with Crippen molar-refractivity contribution in [2.24, 2.45) is 13.0 Å². The number of aliphatic hydroxyl groups excluding tert-OH is 1. The highest BCUT2D eigenvalue weighted by atomic mass is 16.3. The second kappa shape index (κ2) is 4.66. The van der Waals surface area contributed by atoms with Gasteiger partial charge in [0.2, 0.25) is 0 Å². The van der Waals surface area contributed by atoms with Crippen LogP contribution in [0.25, 0.3) is 0 Å². The molecule has 4 nitrogen and oxygen atoms in total. The Bertz CT molecular complexity index is 331. The molecule has 1 heterocycles. The van der Waals surface area contributed by atoms with Gasteiger partial charge < -0.3 is 10.0 Å². The Balaban J connectivity index is 3.01. The summed E-state index contributed by atoms with van der Waals surface area (Å²) < 4.78 is 1.84. The summed E-state index contributed by atoms with van der Waals surface area (Å²) in [4.78, 5) is 2.15. The first-order chi connectivity index (χ1) is 6.97. The predicted octanol–water partition coefficient (Wildman–Crippen LogP) is 1.31. The molecule has 0 amide bonds. The van der Waals surface area contributed by atoms with Crippen LogP contribution in [0.15, 0.2) is 0 Å². The summed E-state index contributed by atoms with van der Waals surface area (Å²) in [6, 6.07) is 0. The zero-order chi connectivity index (χ0) is 11.6. The third-order valence-corrected chi connectivity index (χ3v) is 2.47. The van der Waals surface area contributed by atoms with Gasteiger partial charge in [0.25, 0.3) is 0 Å². The number of rotatable bonds is 4. The minimum absolute atomic E-state index is 0.0530. The number of anilines is 1. The molecule has 1 rings (SSSR count). The van der Waals surface area contributed by atoms with E-state index in [1.54, 1.807) is 0 Å². The molecule has 15 heavy (non-hydrogen) atoms. The topological polar surface area (TPSA) is 41.3 Å². The Labute approximate surface area is 91.5 Å². The largest absolute Gasteiger partial charge is 0.391 e. The molecule has 0 atom stereocenters. The van der Waals surface area contributed by atoms with Crippen molar-refractivity contribution in [1.29, 1.82) is 0 Å². The average Bonchev–Trinajstić information content (AvgIpc) is 2.38. The minimum Gasteiger partial charge on any atom is -0.391 e. The van der Waals surface area contributed by atoms with Gasteiger partial charge in [0.1, 0.15) is 5.82 Å². The van der Waals surface area contributed by atoms with Crippen LogP contribution in [0, 0.1) is 12.8 Å². The van der Waals surface area contributed by atoms with E-state index in [-0.39, 0.29) is 6.61 Å². The lowest BCUT2D eigenvalue weighted by molar-refractivity contribution is 0.281. The van der Waals surface area contributed by atoms with Gasteiger partial charge in [-0.15, -0.1) is 0 Å².